The molecule has 2 N–H and O–H groups in total. The molecule has 50 valence electrons. The Kier molecular flexibility index (Phi) is 3.49. The molecular formula is C6H15NS. The van der Waals surface area contributed by atoms with Gasteiger partial charge in [-0.3, -0.25) is 0 Å². The van der Waals surface area contributed by atoms with Gasteiger partial charge in [-0.25, -0.2) is 0 Å². The van der Waals surface area contributed by atoms with Crippen LogP contribution in [0.3, 0.4) is 0 Å². The zero-order valence-electron chi connectivity index (χ0n) is 5.90. The van der Waals surface area contributed by atoms with E-state index in [9.17, 15) is 0 Å². The van der Waals surface area contributed by atoms with Crippen LogP contribution in [0.15, 0.2) is 0 Å². The van der Waals surface area contributed by atoms with Crippen molar-refractivity contribution in [3.8, 4) is 0 Å². The molecule has 0 spiro atoms. The summed E-state index contributed by atoms with van der Waals surface area (Å²) in [6.07, 6.45) is 4.33. The van der Waals surface area contributed by atoms with E-state index in [-0.39, 0.29) is 4.87 Å². The van der Waals surface area contributed by atoms with Gasteiger partial charge in [0, 0.05) is 0 Å². The summed E-state index contributed by atoms with van der Waals surface area (Å²) in [6.45, 7) is 4.22. The minimum atomic E-state index is 0.00868. The molecule has 0 fully saturated rings. The third-order valence-corrected chi connectivity index (χ3v) is 2.35. The van der Waals surface area contributed by atoms with E-state index < -0.39 is 0 Å². The second-order valence-corrected chi connectivity index (χ2v) is 3.61. The van der Waals surface area contributed by atoms with Crippen molar-refractivity contribution in [1.29, 1.82) is 0 Å². The fourth-order valence-corrected chi connectivity index (χ4v) is 1.01. The first-order chi connectivity index (χ1) is 3.62. The van der Waals surface area contributed by atoms with E-state index >= 15 is 0 Å². The minimum absolute atomic E-state index is 0.00868. The zero-order chi connectivity index (χ0) is 6.62. The average Bonchev–Trinajstić information content (AvgIpc) is 1.67. The van der Waals surface area contributed by atoms with E-state index in [0.717, 1.165) is 6.42 Å². The first-order valence-corrected chi connectivity index (χ1v) is 4.19. The molecule has 1 nitrogen and oxygen atoms in total. The van der Waals surface area contributed by atoms with E-state index in [1.165, 1.54) is 6.42 Å². The third-order valence-electron chi connectivity index (χ3n) is 1.21. The van der Waals surface area contributed by atoms with Crippen molar-refractivity contribution in [2.24, 2.45) is 5.73 Å². The van der Waals surface area contributed by atoms with Crippen LogP contribution in [0.5, 0.6) is 0 Å². The maximum absolute atomic E-state index is 5.79. The molecule has 2 heteroatoms. The van der Waals surface area contributed by atoms with Crippen LogP contribution in [0, 0.1) is 0 Å². The highest BCUT2D eigenvalue weighted by Gasteiger charge is 2.13. The number of nitrogens with two attached hydrogens (primary N) is 1. The Morgan fingerprint density at radius 3 is 2.25 bits per heavy atom. The average molecular weight is 133 g/mol. The Hall–Kier alpha value is 0.310. The quantitative estimate of drug-likeness (QED) is 0.594. The largest absolute Gasteiger partial charge is 0.317 e. The Balaban J connectivity index is 3.37. The van der Waals surface area contributed by atoms with Gasteiger partial charge >= 0.3 is 0 Å². The summed E-state index contributed by atoms with van der Waals surface area (Å²) in [5.74, 6) is 0. The first kappa shape index (κ1) is 8.31. The molecule has 1 atom stereocenters. The maximum atomic E-state index is 5.79. The summed E-state index contributed by atoms with van der Waals surface area (Å²) in [7, 11) is 0. The molecule has 0 rings (SSSR count). The van der Waals surface area contributed by atoms with Gasteiger partial charge in [-0.05, 0) is 19.6 Å². The van der Waals surface area contributed by atoms with Crippen molar-refractivity contribution < 1.29 is 0 Å². The van der Waals surface area contributed by atoms with Gasteiger partial charge in [0.1, 0.15) is 0 Å². The van der Waals surface area contributed by atoms with Crippen LogP contribution in [0.1, 0.15) is 26.7 Å². The lowest BCUT2D eigenvalue weighted by Crippen LogP contribution is -2.30. The molecule has 1 unspecified atom stereocenters. The SMILES string of the molecule is CCCC(C)(N)SC. The number of hydrogen-bond acceptors (Lipinski definition) is 2. The fraction of sp³-hybridized carbons (Fsp3) is 1.00. The van der Waals surface area contributed by atoms with Gasteiger partial charge in [-0.15, -0.1) is 11.8 Å². The van der Waals surface area contributed by atoms with Gasteiger partial charge in [-0.1, -0.05) is 13.3 Å². The van der Waals surface area contributed by atoms with Gasteiger partial charge in [0.2, 0.25) is 0 Å². The van der Waals surface area contributed by atoms with Crippen molar-refractivity contribution in [3.05, 3.63) is 0 Å². The third kappa shape index (κ3) is 3.33. The van der Waals surface area contributed by atoms with E-state index in [4.69, 9.17) is 5.73 Å². The van der Waals surface area contributed by atoms with Gasteiger partial charge in [0.15, 0.2) is 0 Å². The summed E-state index contributed by atoms with van der Waals surface area (Å²) in [6, 6.07) is 0. The molecule has 0 aromatic heterocycles. The monoisotopic (exact) mass is 133 g/mol. The van der Waals surface area contributed by atoms with Crippen molar-refractivity contribution in [2.45, 2.75) is 31.6 Å². The molecular weight excluding hydrogens is 118 g/mol. The van der Waals surface area contributed by atoms with Crippen LogP contribution in [-0.4, -0.2) is 11.1 Å². The summed E-state index contributed by atoms with van der Waals surface area (Å²) in [4.78, 5) is 0.00868. The molecule has 0 saturated heterocycles. The normalized spacial score (nSPS) is 18.0. The Morgan fingerprint density at radius 1 is 1.62 bits per heavy atom. The fourth-order valence-electron chi connectivity index (χ4n) is 0.598. The molecule has 0 heterocycles. The molecule has 0 aliphatic rings. The molecule has 0 bridgehead atoms. The van der Waals surface area contributed by atoms with Crippen LogP contribution >= 0.6 is 11.8 Å². The van der Waals surface area contributed by atoms with Crippen LogP contribution in [-0.2, 0) is 0 Å². The zero-order valence-corrected chi connectivity index (χ0v) is 6.72. The Labute approximate surface area is 56.0 Å². The topological polar surface area (TPSA) is 26.0 Å². The molecule has 8 heavy (non-hydrogen) atoms. The molecule has 0 amide bonds. The van der Waals surface area contributed by atoms with Crippen molar-refractivity contribution >= 4 is 11.8 Å². The molecule has 0 aromatic carbocycles. The second kappa shape index (κ2) is 3.36. The lowest BCUT2D eigenvalue weighted by Gasteiger charge is -2.20. The summed E-state index contributed by atoms with van der Waals surface area (Å²) in [5.41, 5.74) is 5.79. The first-order valence-electron chi connectivity index (χ1n) is 2.96. The maximum Gasteiger partial charge on any atom is 0.0588 e. The van der Waals surface area contributed by atoms with Gasteiger partial charge < -0.3 is 5.73 Å². The summed E-state index contributed by atoms with van der Waals surface area (Å²) in [5, 5.41) is 0. The lowest BCUT2D eigenvalue weighted by atomic mass is 10.2. The molecule has 0 aliphatic heterocycles. The molecule has 0 saturated carbocycles. The minimum Gasteiger partial charge on any atom is -0.317 e. The number of rotatable bonds is 3. The summed E-state index contributed by atoms with van der Waals surface area (Å²) < 4.78 is 0. The van der Waals surface area contributed by atoms with Crippen molar-refractivity contribution in [2.75, 3.05) is 6.26 Å². The lowest BCUT2D eigenvalue weighted by molar-refractivity contribution is 0.602. The highest BCUT2D eigenvalue weighted by atomic mass is 32.2. The number of thioether (sulfide) groups is 1. The van der Waals surface area contributed by atoms with E-state index in [1.807, 2.05) is 0 Å². The highest BCUT2D eigenvalue weighted by molar-refractivity contribution is 7.99. The second-order valence-electron chi connectivity index (χ2n) is 2.27. The molecule has 0 aromatic rings. The van der Waals surface area contributed by atoms with Gasteiger partial charge in [0.05, 0.1) is 4.87 Å². The van der Waals surface area contributed by atoms with E-state index in [1.54, 1.807) is 11.8 Å². The van der Waals surface area contributed by atoms with Crippen LogP contribution in [0.2, 0.25) is 0 Å². The molecule has 0 radical (unpaired) electrons. The molecule has 0 aliphatic carbocycles. The van der Waals surface area contributed by atoms with Crippen molar-refractivity contribution in [1.82, 2.24) is 0 Å². The van der Waals surface area contributed by atoms with E-state index in [0.29, 0.717) is 0 Å². The highest BCUT2D eigenvalue weighted by Crippen LogP contribution is 2.20. The van der Waals surface area contributed by atoms with Crippen LogP contribution in [0.4, 0.5) is 0 Å². The number of hydrogen-bond donors (Lipinski definition) is 1. The van der Waals surface area contributed by atoms with E-state index in [2.05, 4.69) is 20.1 Å². The Morgan fingerprint density at radius 2 is 2.12 bits per heavy atom. The van der Waals surface area contributed by atoms with Gasteiger partial charge in [-0.2, -0.15) is 0 Å². The van der Waals surface area contributed by atoms with Gasteiger partial charge in [0.25, 0.3) is 0 Å². The van der Waals surface area contributed by atoms with Crippen molar-refractivity contribution in [3.63, 3.8) is 0 Å². The Bertz CT molecular complexity index is 61.5. The van der Waals surface area contributed by atoms with Crippen LogP contribution < -0.4 is 5.73 Å². The predicted octanol–water partition coefficient (Wildman–Crippen LogP) is 1.82. The predicted molar refractivity (Wildman–Crippen MR) is 41.0 cm³/mol. The summed E-state index contributed by atoms with van der Waals surface area (Å²) >= 11 is 1.73. The standard InChI is InChI=1S/C6H15NS/c1-4-5-6(2,7)8-3/h4-5,7H2,1-3H3. The van der Waals surface area contributed by atoms with Crippen LogP contribution in [0.25, 0.3) is 0 Å². The smallest absolute Gasteiger partial charge is 0.0588 e.